The number of benzene rings is 2. The molecule has 0 saturated carbocycles. The van der Waals surface area contributed by atoms with Gasteiger partial charge in [-0.1, -0.05) is 35.9 Å². The van der Waals surface area contributed by atoms with Crippen molar-refractivity contribution in [3.8, 4) is 0 Å². The largest absolute Gasteiger partial charge is 0.379 e. The summed E-state index contributed by atoms with van der Waals surface area (Å²) in [5.41, 5.74) is 5.39. The number of carbonyl (C=O) groups is 2. The van der Waals surface area contributed by atoms with E-state index in [2.05, 4.69) is 47.6 Å². The van der Waals surface area contributed by atoms with Crippen LogP contribution < -0.4 is 10.6 Å². The first-order chi connectivity index (χ1) is 15.0. The Morgan fingerprint density at radius 1 is 1.00 bits per heavy atom. The van der Waals surface area contributed by atoms with Crippen molar-refractivity contribution in [3.63, 3.8) is 0 Å². The number of morpholine rings is 1. The van der Waals surface area contributed by atoms with E-state index in [-0.39, 0.29) is 11.8 Å². The topological polar surface area (TPSA) is 70.7 Å². The van der Waals surface area contributed by atoms with Crippen LogP contribution in [0.2, 0.25) is 0 Å². The highest BCUT2D eigenvalue weighted by Gasteiger charge is 2.12. The van der Waals surface area contributed by atoms with E-state index in [0.29, 0.717) is 19.4 Å². The quantitative estimate of drug-likeness (QED) is 0.650. The number of amides is 2. The summed E-state index contributed by atoms with van der Waals surface area (Å²) in [6.07, 6.45) is 1.65. The van der Waals surface area contributed by atoms with Crippen LogP contribution in [-0.4, -0.2) is 49.6 Å². The summed E-state index contributed by atoms with van der Waals surface area (Å²) in [5.74, 6) is 0.0288. The van der Waals surface area contributed by atoms with Gasteiger partial charge in [-0.05, 0) is 49.1 Å². The third kappa shape index (κ3) is 7.81. The lowest BCUT2D eigenvalue weighted by Gasteiger charge is -2.26. The standard InChI is InChI=1S/C25H33N3O3/c1-19-6-7-22(20(2)16-19)8-9-24(29)26-18-21-4-3-5-23(17-21)27-25(30)10-11-28-12-14-31-15-13-28/h3-7,16-17H,8-15,18H2,1-2H3,(H,26,29)(H,27,30). The molecular formula is C25H33N3O3. The second-order valence-electron chi connectivity index (χ2n) is 8.16. The minimum Gasteiger partial charge on any atom is -0.379 e. The molecule has 2 amide bonds. The molecule has 0 unspecified atom stereocenters. The predicted octanol–water partition coefficient (Wildman–Crippen LogP) is 3.21. The summed E-state index contributed by atoms with van der Waals surface area (Å²) in [4.78, 5) is 26.8. The lowest BCUT2D eigenvalue weighted by atomic mass is 10.0. The van der Waals surface area contributed by atoms with Crippen molar-refractivity contribution in [2.45, 2.75) is 39.7 Å². The zero-order valence-electron chi connectivity index (χ0n) is 18.6. The van der Waals surface area contributed by atoms with Crippen molar-refractivity contribution in [1.29, 1.82) is 0 Å². The number of aryl methyl sites for hydroxylation is 3. The molecule has 0 spiro atoms. The van der Waals surface area contributed by atoms with Gasteiger partial charge in [0.15, 0.2) is 0 Å². The van der Waals surface area contributed by atoms with E-state index in [1.165, 1.54) is 16.7 Å². The monoisotopic (exact) mass is 423 g/mol. The fourth-order valence-electron chi connectivity index (χ4n) is 3.73. The number of rotatable bonds is 9. The number of hydrogen-bond acceptors (Lipinski definition) is 4. The van der Waals surface area contributed by atoms with Gasteiger partial charge in [-0.3, -0.25) is 14.5 Å². The minimum absolute atomic E-state index is 0.00106. The van der Waals surface area contributed by atoms with Crippen molar-refractivity contribution in [2.75, 3.05) is 38.2 Å². The first kappa shape index (κ1) is 23.0. The summed E-state index contributed by atoms with van der Waals surface area (Å²) < 4.78 is 5.33. The number of ether oxygens (including phenoxy) is 1. The van der Waals surface area contributed by atoms with E-state index in [0.717, 1.165) is 50.5 Å². The lowest BCUT2D eigenvalue weighted by Crippen LogP contribution is -2.38. The molecule has 1 aliphatic heterocycles. The van der Waals surface area contributed by atoms with Gasteiger partial charge in [-0.25, -0.2) is 0 Å². The van der Waals surface area contributed by atoms with E-state index in [4.69, 9.17) is 4.74 Å². The highest BCUT2D eigenvalue weighted by molar-refractivity contribution is 5.90. The fraction of sp³-hybridized carbons (Fsp3) is 0.440. The Balaban J connectivity index is 1.41. The van der Waals surface area contributed by atoms with E-state index >= 15 is 0 Å². The number of carbonyl (C=O) groups excluding carboxylic acids is 2. The zero-order chi connectivity index (χ0) is 22.1. The molecule has 2 aromatic rings. The Bertz CT molecular complexity index is 891. The predicted molar refractivity (Wildman–Crippen MR) is 123 cm³/mol. The summed E-state index contributed by atoms with van der Waals surface area (Å²) in [6.45, 7) is 8.58. The molecule has 1 heterocycles. The number of nitrogens with one attached hydrogen (secondary N) is 2. The molecule has 166 valence electrons. The molecule has 0 aromatic heterocycles. The number of hydrogen-bond donors (Lipinski definition) is 2. The maximum Gasteiger partial charge on any atom is 0.225 e. The summed E-state index contributed by atoms with van der Waals surface area (Å²) >= 11 is 0. The number of anilines is 1. The SMILES string of the molecule is Cc1ccc(CCC(=O)NCc2cccc(NC(=O)CCN3CCOCC3)c2)c(C)c1. The Hall–Kier alpha value is -2.70. The molecule has 0 aliphatic carbocycles. The average molecular weight is 424 g/mol. The molecule has 1 saturated heterocycles. The van der Waals surface area contributed by atoms with Crippen molar-refractivity contribution in [2.24, 2.45) is 0 Å². The van der Waals surface area contributed by atoms with E-state index in [1.54, 1.807) is 0 Å². The third-order valence-corrected chi connectivity index (χ3v) is 5.58. The molecule has 1 fully saturated rings. The fourth-order valence-corrected chi connectivity index (χ4v) is 3.73. The Labute approximate surface area is 185 Å². The van der Waals surface area contributed by atoms with Crippen LogP contribution in [0.25, 0.3) is 0 Å². The average Bonchev–Trinajstić information content (AvgIpc) is 2.77. The van der Waals surface area contributed by atoms with Gasteiger partial charge in [-0.15, -0.1) is 0 Å². The van der Waals surface area contributed by atoms with Crippen molar-refractivity contribution < 1.29 is 14.3 Å². The second kappa shape index (κ2) is 11.6. The molecule has 3 rings (SSSR count). The van der Waals surface area contributed by atoms with Crippen LogP contribution in [0, 0.1) is 13.8 Å². The van der Waals surface area contributed by atoms with E-state index in [1.807, 2.05) is 24.3 Å². The second-order valence-corrected chi connectivity index (χ2v) is 8.16. The van der Waals surface area contributed by atoms with Crippen LogP contribution in [-0.2, 0) is 27.3 Å². The molecule has 6 heteroatoms. The summed E-state index contributed by atoms with van der Waals surface area (Å²) in [6, 6.07) is 14.0. The molecule has 0 radical (unpaired) electrons. The van der Waals surface area contributed by atoms with Crippen molar-refractivity contribution >= 4 is 17.5 Å². The van der Waals surface area contributed by atoms with Gasteiger partial charge < -0.3 is 15.4 Å². The van der Waals surface area contributed by atoms with Crippen LogP contribution in [0.4, 0.5) is 5.69 Å². The Morgan fingerprint density at radius 3 is 2.58 bits per heavy atom. The van der Waals surface area contributed by atoms with E-state index in [9.17, 15) is 9.59 Å². The molecule has 2 N–H and O–H groups in total. The van der Waals surface area contributed by atoms with Crippen LogP contribution in [0.3, 0.4) is 0 Å². The van der Waals surface area contributed by atoms with Gasteiger partial charge in [0.1, 0.15) is 0 Å². The van der Waals surface area contributed by atoms with Crippen LogP contribution in [0.5, 0.6) is 0 Å². The van der Waals surface area contributed by atoms with Gasteiger partial charge in [0.05, 0.1) is 13.2 Å². The Morgan fingerprint density at radius 2 is 1.81 bits per heavy atom. The first-order valence-corrected chi connectivity index (χ1v) is 11.0. The molecular weight excluding hydrogens is 390 g/mol. The van der Waals surface area contributed by atoms with Crippen molar-refractivity contribution in [3.05, 3.63) is 64.7 Å². The molecule has 1 aliphatic rings. The Kier molecular flexibility index (Phi) is 8.62. The van der Waals surface area contributed by atoms with Crippen LogP contribution in [0.15, 0.2) is 42.5 Å². The van der Waals surface area contributed by atoms with Crippen LogP contribution >= 0.6 is 0 Å². The van der Waals surface area contributed by atoms with Gasteiger partial charge in [-0.2, -0.15) is 0 Å². The van der Waals surface area contributed by atoms with Gasteiger partial charge in [0.2, 0.25) is 11.8 Å². The normalized spacial score (nSPS) is 14.3. The number of nitrogens with zero attached hydrogens (tertiary/aromatic N) is 1. The maximum atomic E-state index is 12.3. The molecule has 2 aromatic carbocycles. The third-order valence-electron chi connectivity index (χ3n) is 5.58. The summed E-state index contributed by atoms with van der Waals surface area (Å²) in [7, 11) is 0. The lowest BCUT2D eigenvalue weighted by molar-refractivity contribution is -0.121. The highest BCUT2D eigenvalue weighted by atomic mass is 16.5. The van der Waals surface area contributed by atoms with Crippen LogP contribution in [0.1, 0.15) is 35.1 Å². The maximum absolute atomic E-state index is 12.3. The first-order valence-electron chi connectivity index (χ1n) is 11.0. The van der Waals surface area contributed by atoms with Gasteiger partial charge in [0, 0.05) is 44.7 Å². The minimum atomic E-state index is 0.00106. The smallest absolute Gasteiger partial charge is 0.225 e. The molecule has 6 nitrogen and oxygen atoms in total. The molecule has 0 atom stereocenters. The van der Waals surface area contributed by atoms with Gasteiger partial charge >= 0.3 is 0 Å². The highest BCUT2D eigenvalue weighted by Crippen LogP contribution is 2.14. The summed E-state index contributed by atoms with van der Waals surface area (Å²) in [5, 5.41) is 5.94. The molecule has 0 bridgehead atoms. The van der Waals surface area contributed by atoms with E-state index < -0.39 is 0 Å². The van der Waals surface area contributed by atoms with Crippen molar-refractivity contribution in [1.82, 2.24) is 10.2 Å². The molecule has 31 heavy (non-hydrogen) atoms. The zero-order valence-corrected chi connectivity index (χ0v) is 18.6. The van der Waals surface area contributed by atoms with Gasteiger partial charge in [0.25, 0.3) is 0 Å².